The van der Waals surface area contributed by atoms with Crippen molar-refractivity contribution in [3.63, 3.8) is 0 Å². The van der Waals surface area contributed by atoms with Crippen LogP contribution in [0.3, 0.4) is 0 Å². The summed E-state index contributed by atoms with van der Waals surface area (Å²) in [4.78, 5) is 28.7. The molecule has 2 aromatic carbocycles. The van der Waals surface area contributed by atoms with Crippen LogP contribution in [0.1, 0.15) is 51.1 Å². The monoisotopic (exact) mass is 464 g/mol. The van der Waals surface area contributed by atoms with Crippen LogP contribution >= 0.6 is 0 Å². The first-order valence-corrected chi connectivity index (χ1v) is 10.1. The van der Waals surface area contributed by atoms with E-state index in [4.69, 9.17) is 0 Å². The molecule has 4 rings (SSSR count). The van der Waals surface area contributed by atoms with Gasteiger partial charge in [-0.2, -0.15) is 0 Å². The summed E-state index contributed by atoms with van der Waals surface area (Å²) in [6, 6.07) is 15.6. The fraction of sp³-hybridized carbons (Fsp3) is 0.375. The molecule has 2 aliphatic rings. The number of carbonyl (C=O) groups excluding carboxylic acids is 2. The minimum Gasteiger partial charge on any atom is -0.333 e. The van der Waals surface area contributed by atoms with E-state index < -0.39 is 0 Å². The van der Waals surface area contributed by atoms with Gasteiger partial charge in [-0.1, -0.05) is 60.4 Å². The van der Waals surface area contributed by atoms with E-state index in [0.717, 1.165) is 38.9 Å². The second kappa shape index (κ2) is 9.20. The molecule has 2 amide bonds. The average Bonchev–Trinajstić information content (AvgIpc) is 2.95. The number of fused-ring (bicyclic) bond motifs is 1. The molecule has 0 aliphatic carbocycles. The number of benzene rings is 2. The zero-order valence-electron chi connectivity index (χ0n) is 17.1. The van der Waals surface area contributed by atoms with Crippen LogP contribution in [-0.4, -0.2) is 47.8 Å². The Hall–Kier alpha value is -1.36. The van der Waals surface area contributed by atoms with Crippen LogP contribution in [0.25, 0.3) is 0 Å². The minimum atomic E-state index is -0.157. The molecular weight excluding hydrogens is 437 g/mol. The van der Waals surface area contributed by atoms with Gasteiger partial charge in [-0.3, -0.25) is 14.5 Å². The van der Waals surface area contributed by atoms with E-state index in [1.807, 2.05) is 0 Å². The maximum atomic E-state index is 12.4. The molecule has 0 saturated carbocycles. The third-order valence-electron chi connectivity index (χ3n) is 6.26. The first-order valence-electron chi connectivity index (χ1n) is 10.1. The average molecular weight is 464 g/mol. The second-order valence-electron chi connectivity index (χ2n) is 8.10. The Balaban J connectivity index is 0.00000240. The standard InChI is InChI=1S/C24H27N2O2.Y/c1-18-8-3-6-11-21(18)24(2)12-16-25(17-13-24)14-7-15-26-22(27)19-9-4-5-10-20(19)23(26)28;/h3-6,8-11H,2,7,12-17H2,1H3;/q-1;. The van der Waals surface area contributed by atoms with E-state index in [1.54, 1.807) is 24.3 Å². The molecular formula is C24H27N2O2Y-. The van der Waals surface area contributed by atoms with Gasteiger partial charge in [0.2, 0.25) is 0 Å². The molecule has 0 aromatic heterocycles. The molecule has 0 spiro atoms. The molecule has 1 radical (unpaired) electrons. The van der Waals surface area contributed by atoms with Crippen molar-refractivity contribution in [2.45, 2.75) is 31.6 Å². The van der Waals surface area contributed by atoms with Crippen LogP contribution in [0.15, 0.2) is 48.5 Å². The number of carbonyl (C=O) groups is 2. The third kappa shape index (κ3) is 4.40. The molecule has 149 valence electrons. The first kappa shape index (κ1) is 22.3. The van der Waals surface area contributed by atoms with Gasteiger partial charge in [-0.15, -0.1) is 5.41 Å². The van der Waals surface area contributed by atoms with Crippen molar-refractivity contribution in [1.82, 2.24) is 9.80 Å². The van der Waals surface area contributed by atoms with E-state index in [2.05, 4.69) is 43.0 Å². The summed E-state index contributed by atoms with van der Waals surface area (Å²) in [6.45, 7) is 10.1. The molecule has 29 heavy (non-hydrogen) atoms. The number of imide groups is 1. The van der Waals surface area contributed by atoms with Crippen LogP contribution in [-0.2, 0) is 38.1 Å². The SMILES string of the molecule is [CH2-]C1(c2ccccc2C)CCN(CCCN2C(=O)c3ccccc3C2=O)CC1.[Y]. The van der Waals surface area contributed by atoms with Crippen molar-refractivity contribution < 1.29 is 42.3 Å². The first-order chi connectivity index (χ1) is 13.5. The summed E-state index contributed by atoms with van der Waals surface area (Å²) in [7, 11) is 0. The molecule has 1 saturated heterocycles. The van der Waals surface area contributed by atoms with Gasteiger partial charge >= 0.3 is 0 Å². The van der Waals surface area contributed by atoms with Crippen molar-refractivity contribution in [1.29, 1.82) is 0 Å². The van der Waals surface area contributed by atoms with Gasteiger partial charge < -0.3 is 11.8 Å². The Labute approximate surface area is 198 Å². The topological polar surface area (TPSA) is 40.6 Å². The number of aryl methyl sites for hydroxylation is 1. The fourth-order valence-electron chi connectivity index (χ4n) is 4.54. The van der Waals surface area contributed by atoms with Gasteiger partial charge in [-0.25, -0.2) is 0 Å². The number of likely N-dealkylation sites (tertiary alicyclic amines) is 1. The van der Waals surface area contributed by atoms with Crippen LogP contribution in [0, 0.1) is 13.8 Å². The molecule has 4 nitrogen and oxygen atoms in total. The molecule has 0 bridgehead atoms. The predicted octanol–water partition coefficient (Wildman–Crippen LogP) is 3.85. The molecule has 1 fully saturated rings. The number of amides is 2. The van der Waals surface area contributed by atoms with Crippen molar-refractivity contribution in [3.8, 4) is 0 Å². The Morgan fingerprint density at radius 2 is 1.45 bits per heavy atom. The fourth-order valence-corrected chi connectivity index (χ4v) is 4.54. The third-order valence-corrected chi connectivity index (χ3v) is 6.26. The normalized spacial score (nSPS) is 18.5. The van der Waals surface area contributed by atoms with E-state index >= 15 is 0 Å². The van der Waals surface area contributed by atoms with Gasteiger partial charge in [0.25, 0.3) is 11.8 Å². The van der Waals surface area contributed by atoms with Crippen LogP contribution in [0.4, 0.5) is 0 Å². The van der Waals surface area contributed by atoms with E-state index in [0.29, 0.717) is 17.7 Å². The minimum absolute atomic E-state index is 0. The summed E-state index contributed by atoms with van der Waals surface area (Å²) in [5.74, 6) is -0.314. The molecule has 2 aliphatic heterocycles. The van der Waals surface area contributed by atoms with Crippen molar-refractivity contribution in [3.05, 3.63) is 77.7 Å². The smallest absolute Gasteiger partial charge is 0.261 e. The summed E-state index contributed by atoms with van der Waals surface area (Å²) in [5.41, 5.74) is 3.73. The van der Waals surface area contributed by atoms with Gasteiger partial charge in [0.05, 0.1) is 11.1 Å². The predicted molar refractivity (Wildman–Crippen MR) is 110 cm³/mol. The molecule has 2 heterocycles. The van der Waals surface area contributed by atoms with E-state index in [1.165, 1.54) is 16.0 Å². The van der Waals surface area contributed by atoms with Crippen molar-refractivity contribution in [2.75, 3.05) is 26.2 Å². The summed E-state index contributed by atoms with van der Waals surface area (Å²) in [5, 5.41) is 0. The maximum Gasteiger partial charge on any atom is 0.261 e. The van der Waals surface area contributed by atoms with E-state index in [-0.39, 0.29) is 49.9 Å². The van der Waals surface area contributed by atoms with Crippen LogP contribution in [0.2, 0.25) is 0 Å². The zero-order chi connectivity index (χ0) is 19.7. The van der Waals surface area contributed by atoms with Gasteiger partial charge in [0.15, 0.2) is 0 Å². The Kier molecular flexibility index (Phi) is 7.08. The quantitative estimate of drug-likeness (QED) is 0.499. The number of hydrogen-bond donors (Lipinski definition) is 0. The van der Waals surface area contributed by atoms with Crippen LogP contribution in [0.5, 0.6) is 0 Å². The van der Waals surface area contributed by atoms with Gasteiger partial charge in [0, 0.05) is 39.3 Å². The van der Waals surface area contributed by atoms with Crippen molar-refractivity contribution >= 4 is 11.8 Å². The van der Waals surface area contributed by atoms with E-state index in [9.17, 15) is 9.59 Å². The molecule has 0 atom stereocenters. The summed E-state index contributed by atoms with van der Waals surface area (Å²) in [6.07, 6.45) is 2.87. The number of nitrogens with zero attached hydrogens (tertiary/aromatic N) is 2. The second-order valence-corrected chi connectivity index (χ2v) is 8.10. The Bertz CT molecular complexity index is 868. The Morgan fingerprint density at radius 3 is 2.03 bits per heavy atom. The molecule has 5 heteroatoms. The van der Waals surface area contributed by atoms with Crippen molar-refractivity contribution in [2.24, 2.45) is 0 Å². The summed E-state index contributed by atoms with van der Waals surface area (Å²) < 4.78 is 0. The van der Waals surface area contributed by atoms with Gasteiger partial charge in [-0.05, 0) is 45.1 Å². The number of rotatable bonds is 5. The largest absolute Gasteiger partial charge is 0.333 e. The summed E-state index contributed by atoms with van der Waals surface area (Å²) >= 11 is 0. The number of piperidine rings is 1. The molecule has 2 aromatic rings. The maximum absolute atomic E-state index is 12.4. The van der Waals surface area contributed by atoms with Crippen LogP contribution < -0.4 is 0 Å². The molecule has 0 N–H and O–H groups in total. The Morgan fingerprint density at radius 1 is 0.897 bits per heavy atom. The molecule has 0 unspecified atom stereocenters. The van der Waals surface area contributed by atoms with Gasteiger partial charge in [0.1, 0.15) is 0 Å². The number of hydrogen-bond acceptors (Lipinski definition) is 3. The zero-order valence-corrected chi connectivity index (χ0v) is 19.9.